The average molecular weight is 364 g/mol. The van der Waals surface area contributed by atoms with E-state index in [0.29, 0.717) is 13.0 Å². The Morgan fingerprint density at radius 1 is 1.33 bits per heavy atom. The minimum absolute atomic E-state index is 0.206. The first-order chi connectivity index (χ1) is 11.1. The maximum atomic E-state index is 12.5. The average Bonchev–Trinajstić information content (AvgIpc) is 3.21. The summed E-state index contributed by atoms with van der Waals surface area (Å²) < 4.78 is 64.7. The predicted molar refractivity (Wildman–Crippen MR) is 78.8 cm³/mol. The molecular formula is C14H15F3N2O4S. The molecule has 0 radical (unpaired) electrons. The van der Waals surface area contributed by atoms with E-state index in [-0.39, 0.29) is 18.0 Å². The van der Waals surface area contributed by atoms with Gasteiger partial charge in [0.15, 0.2) is 4.75 Å². The van der Waals surface area contributed by atoms with Crippen molar-refractivity contribution in [1.82, 2.24) is 4.31 Å². The fourth-order valence-electron chi connectivity index (χ4n) is 3.07. The first-order valence-electron chi connectivity index (χ1n) is 7.19. The van der Waals surface area contributed by atoms with Gasteiger partial charge in [-0.1, -0.05) is 0 Å². The Morgan fingerprint density at radius 3 is 2.54 bits per heavy atom. The minimum Gasteiger partial charge on any atom is -0.406 e. The lowest BCUT2D eigenvalue weighted by Gasteiger charge is -2.28. The number of benzene rings is 1. The van der Waals surface area contributed by atoms with Crippen molar-refractivity contribution in [2.75, 3.05) is 18.9 Å². The van der Waals surface area contributed by atoms with Gasteiger partial charge in [0.25, 0.3) is 0 Å². The molecular weight excluding hydrogens is 349 g/mol. The second-order valence-electron chi connectivity index (χ2n) is 5.93. The maximum absolute atomic E-state index is 12.5. The summed E-state index contributed by atoms with van der Waals surface area (Å²) in [4.78, 5) is 12.5. The molecule has 2 aliphatic rings. The molecule has 24 heavy (non-hydrogen) atoms. The summed E-state index contributed by atoms with van der Waals surface area (Å²) in [5.41, 5.74) is 0.206. The Balaban J connectivity index is 1.74. The topological polar surface area (TPSA) is 75.7 Å². The molecule has 0 unspecified atom stereocenters. The number of carbonyl (C=O) groups is 1. The molecule has 0 spiro atoms. The highest BCUT2D eigenvalue weighted by Crippen LogP contribution is 2.56. The zero-order chi connectivity index (χ0) is 17.8. The van der Waals surface area contributed by atoms with Crippen LogP contribution in [0.3, 0.4) is 0 Å². The van der Waals surface area contributed by atoms with Crippen molar-refractivity contribution < 1.29 is 31.1 Å². The molecule has 1 N–H and O–H groups in total. The second kappa shape index (κ2) is 5.35. The van der Waals surface area contributed by atoms with Crippen molar-refractivity contribution in [3.63, 3.8) is 0 Å². The van der Waals surface area contributed by atoms with E-state index >= 15 is 0 Å². The molecule has 132 valence electrons. The van der Waals surface area contributed by atoms with Crippen LogP contribution in [0.2, 0.25) is 0 Å². The fraction of sp³-hybridized carbons (Fsp3) is 0.500. The van der Waals surface area contributed by atoms with Crippen LogP contribution in [0.25, 0.3) is 0 Å². The smallest absolute Gasteiger partial charge is 0.406 e. The second-order valence-corrected chi connectivity index (χ2v) is 8.23. The third kappa shape index (κ3) is 2.73. The Kier molecular flexibility index (Phi) is 3.79. The number of hydrogen-bond acceptors (Lipinski definition) is 4. The normalized spacial score (nSPS) is 28.8. The monoisotopic (exact) mass is 364 g/mol. The highest BCUT2D eigenvalue weighted by atomic mass is 32.2. The Hall–Kier alpha value is -1.81. The van der Waals surface area contributed by atoms with Crippen LogP contribution in [0.1, 0.15) is 12.8 Å². The first kappa shape index (κ1) is 17.0. The summed E-state index contributed by atoms with van der Waals surface area (Å²) in [6, 6.07) is 4.55. The molecule has 2 atom stereocenters. The van der Waals surface area contributed by atoms with Crippen molar-refractivity contribution in [3.8, 4) is 5.75 Å². The fourth-order valence-corrected chi connectivity index (χ4v) is 5.20. The molecule has 1 aromatic rings. The van der Waals surface area contributed by atoms with E-state index in [0.717, 1.165) is 12.1 Å². The van der Waals surface area contributed by atoms with Gasteiger partial charge >= 0.3 is 6.36 Å². The van der Waals surface area contributed by atoms with E-state index in [4.69, 9.17) is 0 Å². The van der Waals surface area contributed by atoms with Gasteiger partial charge in [0.2, 0.25) is 15.9 Å². The molecule has 3 rings (SSSR count). The molecule has 0 aromatic heterocycles. The molecule has 1 saturated heterocycles. The van der Waals surface area contributed by atoms with E-state index < -0.39 is 32.8 Å². The van der Waals surface area contributed by atoms with Gasteiger partial charge < -0.3 is 10.1 Å². The molecule has 10 heteroatoms. The number of sulfonamides is 1. The molecule has 6 nitrogen and oxygen atoms in total. The Bertz CT molecular complexity index is 763. The lowest BCUT2D eigenvalue weighted by atomic mass is 10.2. The van der Waals surface area contributed by atoms with E-state index in [9.17, 15) is 26.4 Å². The zero-order valence-electron chi connectivity index (χ0n) is 12.6. The third-order valence-electron chi connectivity index (χ3n) is 4.44. The maximum Gasteiger partial charge on any atom is 0.573 e. The number of nitrogens with zero attached hydrogens (tertiary/aromatic N) is 1. The number of carbonyl (C=O) groups excluding carboxylic acids is 1. The van der Waals surface area contributed by atoms with Gasteiger partial charge in [-0.3, -0.25) is 4.79 Å². The van der Waals surface area contributed by atoms with Gasteiger partial charge in [0.05, 0.1) is 0 Å². The lowest BCUT2D eigenvalue weighted by molar-refractivity contribution is -0.274. The van der Waals surface area contributed by atoms with E-state index in [2.05, 4.69) is 10.1 Å². The molecule has 0 bridgehead atoms. The molecule has 2 fully saturated rings. The van der Waals surface area contributed by atoms with Crippen LogP contribution >= 0.6 is 0 Å². The number of hydrogen-bond donors (Lipinski definition) is 1. The number of halogens is 3. The van der Waals surface area contributed by atoms with Crippen LogP contribution in [0.5, 0.6) is 5.75 Å². The number of fused-ring (bicyclic) bond motifs is 1. The quantitative estimate of drug-likeness (QED) is 0.890. The number of rotatable bonds is 3. The molecule has 1 aliphatic carbocycles. The van der Waals surface area contributed by atoms with Crippen LogP contribution in [0.4, 0.5) is 18.9 Å². The summed E-state index contributed by atoms with van der Waals surface area (Å²) >= 11 is 0. The van der Waals surface area contributed by atoms with Crippen molar-refractivity contribution in [3.05, 3.63) is 24.3 Å². The van der Waals surface area contributed by atoms with Gasteiger partial charge in [-0.2, -0.15) is 0 Å². The zero-order valence-corrected chi connectivity index (χ0v) is 13.4. The van der Waals surface area contributed by atoms with Crippen molar-refractivity contribution in [2.24, 2.45) is 5.92 Å². The SMILES string of the molecule is CN1CC[C@H]2C[C@]2(C(=O)Nc2ccc(OC(F)(F)F)cc2)S1(=O)=O. The first-order valence-corrected chi connectivity index (χ1v) is 8.63. The molecule has 1 aliphatic heterocycles. The van der Waals surface area contributed by atoms with Crippen LogP contribution in [-0.4, -0.2) is 43.3 Å². The highest BCUT2D eigenvalue weighted by molar-refractivity contribution is 7.91. The van der Waals surface area contributed by atoms with Crippen molar-refractivity contribution in [1.29, 1.82) is 0 Å². The Morgan fingerprint density at radius 2 is 1.96 bits per heavy atom. The van der Waals surface area contributed by atoms with Crippen LogP contribution < -0.4 is 10.1 Å². The summed E-state index contributed by atoms with van der Waals surface area (Å²) in [7, 11) is -2.30. The largest absolute Gasteiger partial charge is 0.573 e. The lowest BCUT2D eigenvalue weighted by Crippen LogP contribution is -2.50. The summed E-state index contributed by atoms with van der Waals surface area (Å²) in [5, 5.41) is 2.48. The van der Waals surface area contributed by atoms with Crippen LogP contribution in [-0.2, 0) is 14.8 Å². The van der Waals surface area contributed by atoms with E-state index in [1.54, 1.807) is 0 Å². The van der Waals surface area contributed by atoms with Gasteiger partial charge in [-0.05, 0) is 43.0 Å². The number of alkyl halides is 3. The van der Waals surface area contributed by atoms with Crippen molar-refractivity contribution >= 4 is 21.6 Å². The number of nitrogens with one attached hydrogen (secondary N) is 1. The molecule has 1 aromatic carbocycles. The molecule has 1 heterocycles. The minimum atomic E-state index is -4.80. The molecule has 1 amide bonds. The predicted octanol–water partition coefficient (Wildman–Crippen LogP) is 1.95. The standard InChI is InChI=1S/C14H15F3N2O4S/c1-19-7-6-9-8-13(9,24(19,21)22)12(20)18-10-2-4-11(5-3-10)23-14(15,16)17/h2-5,9H,6-8H2,1H3,(H,18,20)/t9-,13-/m0/s1. The summed E-state index contributed by atoms with van der Waals surface area (Å²) in [6.07, 6.45) is -3.92. The van der Waals surface area contributed by atoms with Gasteiger partial charge in [-0.15, -0.1) is 13.2 Å². The summed E-state index contributed by atoms with van der Waals surface area (Å²) in [6.45, 7) is 0.380. The highest BCUT2D eigenvalue weighted by Gasteiger charge is 2.71. The molecule has 1 saturated carbocycles. The van der Waals surface area contributed by atoms with Gasteiger partial charge in [0, 0.05) is 19.3 Å². The summed E-state index contributed by atoms with van der Waals surface area (Å²) in [5.74, 6) is -1.29. The van der Waals surface area contributed by atoms with Crippen molar-refractivity contribution in [2.45, 2.75) is 24.0 Å². The van der Waals surface area contributed by atoms with Crippen LogP contribution in [0, 0.1) is 5.92 Å². The van der Waals surface area contributed by atoms with Gasteiger partial charge in [0.1, 0.15) is 5.75 Å². The Labute approximate surface area is 136 Å². The third-order valence-corrected chi connectivity index (χ3v) is 7.05. The number of anilines is 1. The number of amides is 1. The van der Waals surface area contributed by atoms with Gasteiger partial charge in [-0.25, -0.2) is 12.7 Å². The van der Waals surface area contributed by atoms with E-state index in [1.165, 1.54) is 23.5 Å². The van der Waals surface area contributed by atoms with E-state index in [1.807, 2.05) is 0 Å². The number of ether oxygens (including phenoxy) is 1. The van der Waals surface area contributed by atoms with Crippen LogP contribution in [0.15, 0.2) is 24.3 Å².